The molecule has 0 aliphatic rings. The van der Waals surface area contributed by atoms with Crippen molar-refractivity contribution in [1.29, 1.82) is 0 Å². The van der Waals surface area contributed by atoms with E-state index in [-0.39, 0.29) is 31.9 Å². The molecule has 0 radical (unpaired) electrons. The third-order valence-electron chi connectivity index (χ3n) is 13.3. The maximum Gasteiger partial charge on any atom is 0.268 e. The van der Waals surface area contributed by atoms with E-state index in [0.717, 1.165) is 50.0 Å². The Morgan fingerprint density at radius 1 is 0.536 bits per heavy atom. The van der Waals surface area contributed by atoms with Gasteiger partial charge in [-0.05, 0) is 72.0 Å². The molecule has 5 nitrogen and oxygen atoms in total. The van der Waals surface area contributed by atoms with Crippen LogP contribution in [0.25, 0.3) is 50.0 Å². The van der Waals surface area contributed by atoms with Gasteiger partial charge < -0.3 is 13.9 Å². The van der Waals surface area contributed by atoms with Crippen molar-refractivity contribution >= 4 is 61.7 Å². The van der Waals surface area contributed by atoms with E-state index < -0.39 is 8.07 Å². The van der Waals surface area contributed by atoms with E-state index in [1.54, 1.807) is 0 Å². The fourth-order valence-electron chi connectivity index (χ4n) is 10.1. The summed E-state index contributed by atoms with van der Waals surface area (Å²) < 4.78 is 13.4. The number of rotatable bonds is 9. The summed E-state index contributed by atoms with van der Waals surface area (Å²) >= 11 is 0. The van der Waals surface area contributed by atoms with Gasteiger partial charge in [0.25, 0.3) is 6.33 Å². The molecular formula is C62H52N4OPtSi-2. The number of nitrogens with zero attached hydrogens (tertiary/aromatic N) is 4. The minimum atomic E-state index is -3.00. The molecule has 69 heavy (non-hydrogen) atoms. The number of hydrogen-bond donors (Lipinski definition) is 0. The van der Waals surface area contributed by atoms with Gasteiger partial charge in [-0.3, -0.25) is 4.57 Å². The summed E-state index contributed by atoms with van der Waals surface area (Å²) in [6, 6.07) is 79.2. The molecule has 0 aliphatic carbocycles. The van der Waals surface area contributed by atoms with Crippen LogP contribution in [0.4, 0.5) is 0 Å². The molecular weight excluding hydrogens is 1040 g/mol. The molecule has 0 saturated heterocycles. The van der Waals surface area contributed by atoms with E-state index in [1.807, 2.05) is 24.4 Å². The Morgan fingerprint density at radius 2 is 1.13 bits per heavy atom. The maximum absolute atomic E-state index is 6.72. The van der Waals surface area contributed by atoms with Crippen LogP contribution in [-0.2, 0) is 31.9 Å². The number of pyridine rings is 1. The Morgan fingerprint density at radius 3 is 1.78 bits per heavy atom. The summed E-state index contributed by atoms with van der Waals surface area (Å²) in [4.78, 5) is 4.88. The van der Waals surface area contributed by atoms with Gasteiger partial charge >= 0.3 is 0 Å². The molecule has 0 fully saturated rings. The van der Waals surface area contributed by atoms with Crippen LogP contribution in [0, 0.1) is 18.5 Å². The van der Waals surface area contributed by atoms with Gasteiger partial charge in [0.1, 0.15) is 5.82 Å². The smallest absolute Gasteiger partial charge is 0.268 e. The molecule has 7 heteroatoms. The van der Waals surface area contributed by atoms with Crippen molar-refractivity contribution in [3.8, 4) is 28.7 Å². The standard InChI is InChI=1S/C62H52N4OSi.Pt/c1-61(2,3)44-38-39-63-59(40-44)66-54-32-17-16-30-51(54)52-37-36-47(42-57(52)66)67-46-23-20-22-45(41-46)64-43-65(56-34-19-18-33-55(56)64)60-53(62(4,5)6)31-21-35-58(60)68(48-24-10-7-11-25-48,49-26-12-8-13-27-49)50-28-14-9-15-29-50;/h7-40H,1-6H3;/q-2;. The van der Waals surface area contributed by atoms with E-state index in [0.29, 0.717) is 11.5 Å². The minimum Gasteiger partial charge on any atom is -0.510 e. The second-order valence-electron chi connectivity index (χ2n) is 19.7. The summed E-state index contributed by atoms with van der Waals surface area (Å²) in [7, 11) is -3.00. The first-order chi connectivity index (χ1) is 33.0. The van der Waals surface area contributed by atoms with Gasteiger partial charge in [-0.25, -0.2) is 4.98 Å². The normalized spacial score (nSPS) is 12.1. The predicted octanol–water partition coefficient (Wildman–Crippen LogP) is 11.6. The van der Waals surface area contributed by atoms with Crippen LogP contribution < -0.4 is 30.1 Å². The first kappa shape index (κ1) is 45.7. The summed E-state index contributed by atoms with van der Waals surface area (Å²) in [5.41, 5.74) is 8.17. The molecule has 0 bridgehead atoms. The van der Waals surface area contributed by atoms with Crippen LogP contribution in [0.1, 0.15) is 52.7 Å². The SMILES string of the molecule is CC(C)(C)c1ccnc(-n2c3[c-]c(Oc4[c-]c(-n5[c-][n+](-c6c(C(C)(C)C)cccc6[Si](c6ccccc6)(c6ccccc6)c6ccccc6)c6ccccc65)ccc4)ccc3c3ccccc32)c1.[Pt]. The monoisotopic (exact) mass is 1090 g/mol. The number of para-hydroxylation sites is 4. The van der Waals surface area contributed by atoms with Crippen molar-refractivity contribution in [3.63, 3.8) is 0 Å². The van der Waals surface area contributed by atoms with E-state index >= 15 is 0 Å². The van der Waals surface area contributed by atoms with Crippen LogP contribution in [-0.4, -0.2) is 22.2 Å². The van der Waals surface area contributed by atoms with E-state index in [2.05, 4.69) is 256 Å². The predicted molar refractivity (Wildman–Crippen MR) is 281 cm³/mol. The molecule has 0 aliphatic heterocycles. The quantitative estimate of drug-likeness (QED) is 0.0625. The number of ether oxygens (including phenoxy) is 1. The molecule has 11 rings (SSSR count). The van der Waals surface area contributed by atoms with Gasteiger partial charge in [0, 0.05) is 44.3 Å². The summed E-state index contributed by atoms with van der Waals surface area (Å²) in [6.45, 7) is 13.6. The first-order valence-electron chi connectivity index (χ1n) is 23.4. The van der Waals surface area contributed by atoms with Gasteiger partial charge in [0.05, 0.1) is 16.7 Å². The van der Waals surface area contributed by atoms with E-state index in [9.17, 15) is 0 Å². The van der Waals surface area contributed by atoms with Gasteiger partial charge in [0.15, 0.2) is 8.07 Å². The van der Waals surface area contributed by atoms with E-state index in [4.69, 9.17) is 9.72 Å². The maximum atomic E-state index is 6.72. The largest absolute Gasteiger partial charge is 0.510 e. The fraction of sp³-hybridized carbons (Fsp3) is 0.129. The summed E-state index contributed by atoms with van der Waals surface area (Å²) in [5.74, 6) is 2.01. The van der Waals surface area contributed by atoms with Gasteiger partial charge in [-0.2, -0.15) is 18.2 Å². The van der Waals surface area contributed by atoms with Crippen molar-refractivity contribution in [2.24, 2.45) is 0 Å². The Labute approximate surface area is 420 Å². The third-order valence-corrected chi connectivity index (χ3v) is 18.1. The summed E-state index contributed by atoms with van der Waals surface area (Å²) in [5, 5.41) is 7.46. The number of imidazole rings is 1. The number of hydrogen-bond acceptors (Lipinski definition) is 2. The number of fused-ring (bicyclic) bond motifs is 4. The Bertz CT molecular complexity index is 3530. The molecule has 0 N–H and O–H groups in total. The van der Waals surface area contributed by atoms with Crippen molar-refractivity contribution in [2.45, 2.75) is 52.4 Å². The minimum absolute atomic E-state index is 0. The molecule has 0 saturated carbocycles. The first-order valence-corrected chi connectivity index (χ1v) is 25.4. The van der Waals surface area contributed by atoms with Crippen LogP contribution in [0.5, 0.6) is 11.5 Å². The van der Waals surface area contributed by atoms with Crippen LogP contribution in [0.2, 0.25) is 0 Å². The van der Waals surface area contributed by atoms with Crippen LogP contribution >= 0.6 is 0 Å². The van der Waals surface area contributed by atoms with Crippen molar-refractivity contribution in [2.75, 3.05) is 0 Å². The molecule has 342 valence electrons. The zero-order valence-electron chi connectivity index (χ0n) is 39.6. The molecule has 0 spiro atoms. The van der Waals surface area contributed by atoms with E-state index in [1.165, 1.54) is 31.9 Å². The summed E-state index contributed by atoms with van der Waals surface area (Å²) in [6.07, 6.45) is 5.83. The van der Waals surface area contributed by atoms with Gasteiger partial charge in [0.2, 0.25) is 0 Å². The second-order valence-corrected chi connectivity index (χ2v) is 23.4. The average Bonchev–Trinajstić information content (AvgIpc) is 3.91. The second kappa shape index (κ2) is 18.1. The molecule has 0 atom stereocenters. The number of aromatic nitrogens is 4. The molecule has 3 heterocycles. The molecule has 11 aromatic rings. The van der Waals surface area contributed by atoms with Crippen molar-refractivity contribution in [3.05, 3.63) is 236 Å². The Kier molecular flexibility index (Phi) is 12.0. The Balaban J connectivity index is 0.00000553. The molecule has 0 amide bonds. The fourth-order valence-corrected chi connectivity index (χ4v) is 15.0. The molecule has 8 aromatic carbocycles. The third kappa shape index (κ3) is 8.06. The molecule has 0 unspecified atom stereocenters. The number of benzene rings is 8. The molecule has 3 aromatic heterocycles. The van der Waals surface area contributed by atoms with Crippen LogP contribution in [0.15, 0.2) is 206 Å². The topological polar surface area (TPSA) is 35.9 Å². The zero-order chi connectivity index (χ0) is 46.6. The van der Waals surface area contributed by atoms with Crippen molar-refractivity contribution < 1.29 is 30.4 Å². The zero-order valence-corrected chi connectivity index (χ0v) is 42.9. The van der Waals surface area contributed by atoms with Gasteiger partial charge in [-0.1, -0.05) is 199 Å². The Hall–Kier alpha value is -7.11. The van der Waals surface area contributed by atoms with Crippen molar-refractivity contribution in [1.82, 2.24) is 14.1 Å². The van der Waals surface area contributed by atoms with Gasteiger partial charge in [-0.15, -0.1) is 29.7 Å². The van der Waals surface area contributed by atoms with Crippen LogP contribution in [0.3, 0.4) is 0 Å². The average molecular weight is 1090 g/mol.